The van der Waals surface area contributed by atoms with E-state index in [-0.39, 0.29) is 42.0 Å². The summed E-state index contributed by atoms with van der Waals surface area (Å²) in [5, 5.41) is 3.14. The van der Waals surface area contributed by atoms with Gasteiger partial charge >= 0.3 is 0 Å². The van der Waals surface area contributed by atoms with E-state index in [1.807, 2.05) is 42.5 Å². The summed E-state index contributed by atoms with van der Waals surface area (Å²) in [6.07, 6.45) is 0.263. The minimum Gasteiger partial charge on any atom is -0.343 e. The van der Waals surface area contributed by atoms with Crippen LogP contribution in [0.15, 0.2) is 54.6 Å². The van der Waals surface area contributed by atoms with Gasteiger partial charge in [0.25, 0.3) is 0 Å². The maximum absolute atomic E-state index is 14.6. The molecule has 0 radical (unpaired) electrons. The number of hydrogen-bond donors (Lipinski definition) is 1. The summed E-state index contributed by atoms with van der Waals surface area (Å²) in [5.41, 5.74) is 2.87. The molecular weight excluding hydrogens is 469 g/mol. The minimum atomic E-state index is -1.23. The van der Waals surface area contributed by atoms with E-state index >= 15 is 0 Å². The van der Waals surface area contributed by atoms with Crippen molar-refractivity contribution < 1.29 is 18.8 Å². The number of nitrogens with one attached hydrogen (secondary N) is 1. The highest BCUT2D eigenvalue weighted by molar-refractivity contribution is 5.91. The van der Waals surface area contributed by atoms with Gasteiger partial charge in [0.15, 0.2) is 0 Å². The third kappa shape index (κ3) is 5.00. The van der Waals surface area contributed by atoms with Crippen LogP contribution in [0.3, 0.4) is 0 Å². The molecule has 2 aliphatic heterocycles. The third-order valence-corrected chi connectivity index (χ3v) is 8.51. The Balaban J connectivity index is 1.33. The van der Waals surface area contributed by atoms with Crippen LogP contribution < -0.4 is 5.32 Å². The average molecular weight is 506 g/mol. The van der Waals surface area contributed by atoms with E-state index in [1.165, 1.54) is 10.5 Å². The lowest BCUT2D eigenvalue weighted by Gasteiger charge is -2.28. The molecule has 1 aliphatic carbocycles. The Bertz CT molecular complexity index is 1170. The lowest BCUT2D eigenvalue weighted by Crippen LogP contribution is -2.48. The maximum Gasteiger partial charge on any atom is 0.243 e. The second-order valence-corrected chi connectivity index (χ2v) is 11.3. The molecule has 2 saturated heterocycles. The normalized spacial score (nSPS) is 27.5. The highest BCUT2D eigenvalue weighted by Gasteiger charge is 2.63. The molecule has 0 bridgehead atoms. The van der Waals surface area contributed by atoms with Crippen LogP contribution in [0.25, 0.3) is 0 Å². The number of carbonyl (C=O) groups excluding carboxylic acids is 3. The van der Waals surface area contributed by atoms with E-state index in [2.05, 4.69) is 31.3 Å². The first-order valence-electron chi connectivity index (χ1n) is 13.3. The second-order valence-electron chi connectivity index (χ2n) is 11.3. The van der Waals surface area contributed by atoms with Crippen molar-refractivity contribution in [2.75, 3.05) is 19.6 Å². The van der Waals surface area contributed by atoms with Gasteiger partial charge in [-0.2, -0.15) is 0 Å². The Morgan fingerprint density at radius 2 is 1.65 bits per heavy atom. The topological polar surface area (TPSA) is 69.7 Å². The summed E-state index contributed by atoms with van der Waals surface area (Å²) in [6, 6.07) is 16.7. The quantitative estimate of drug-likeness (QED) is 0.639. The van der Waals surface area contributed by atoms with Crippen molar-refractivity contribution in [3.63, 3.8) is 0 Å². The van der Waals surface area contributed by atoms with Crippen molar-refractivity contribution in [3.8, 4) is 0 Å². The van der Waals surface area contributed by atoms with Crippen molar-refractivity contribution in [2.45, 2.75) is 64.2 Å². The zero-order chi connectivity index (χ0) is 26.3. The van der Waals surface area contributed by atoms with Crippen molar-refractivity contribution >= 4 is 17.7 Å². The van der Waals surface area contributed by atoms with Gasteiger partial charge < -0.3 is 15.1 Å². The van der Waals surface area contributed by atoms with Gasteiger partial charge in [-0.25, -0.2) is 4.39 Å². The Hall–Kier alpha value is -3.22. The van der Waals surface area contributed by atoms with Crippen LogP contribution in [-0.4, -0.2) is 59.4 Å². The van der Waals surface area contributed by atoms with Crippen LogP contribution in [0.5, 0.6) is 0 Å². The maximum atomic E-state index is 14.6. The molecule has 1 spiro atoms. The number of hydrogen-bond acceptors (Lipinski definition) is 3. The molecule has 3 aliphatic rings. The van der Waals surface area contributed by atoms with Gasteiger partial charge in [0.05, 0.1) is 12.6 Å². The second kappa shape index (κ2) is 9.92. The fraction of sp³-hybridized carbons (Fsp3) is 0.500. The van der Waals surface area contributed by atoms with Crippen LogP contribution >= 0.6 is 0 Å². The van der Waals surface area contributed by atoms with Gasteiger partial charge in [0.1, 0.15) is 12.2 Å². The molecule has 5 rings (SSSR count). The molecule has 1 saturated carbocycles. The fourth-order valence-corrected chi connectivity index (χ4v) is 6.11. The number of likely N-dealkylation sites (tertiary alicyclic amines) is 2. The first kappa shape index (κ1) is 25.4. The number of amides is 3. The summed E-state index contributed by atoms with van der Waals surface area (Å²) < 4.78 is 14.6. The first-order chi connectivity index (χ1) is 17.7. The van der Waals surface area contributed by atoms with E-state index in [4.69, 9.17) is 0 Å². The van der Waals surface area contributed by atoms with E-state index in [9.17, 15) is 18.8 Å². The molecule has 5 atom stereocenters. The van der Waals surface area contributed by atoms with Gasteiger partial charge in [-0.3, -0.25) is 14.4 Å². The van der Waals surface area contributed by atoms with Crippen LogP contribution in [0.4, 0.5) is 4.39 Å². The Labute approximate surface area is 218 Å². The summed E-state index contributed by atoms with van der Waals surface area (Å²) in [7, 11) is 0. The zero-order valence-corrected chi connectivity index (χ0v) is 21.8. The van der Waals surface area contributed by atoms with Gasteiger partial charge in [0, 0.05) is 37.8 Å². The summed E-state index contributed by atoms with van der Waals surface area (Å²) in [6.45, 7) is 6.99. The van der Waals surface area contributed by atoms with Crippen LogP contribution in [-0.2, 0) is 14.4 Å². The number of benzene rings is 2. The van der Waals surface area contributed by atoms with E-state index in [1.54, 1.807) is 11.8 Å². The van der Waals surface area contributed by atoms with Gasteiger partial charge in [-0.1, -0.05) is 68.4 Å². The van der Waals surface area contributed by atoms with Crippen molar-refractivity contribution in [1.29, 1.82) is 0 Å². The van der Waals surface area contributed by atoms with Gasteiger partial charge in [0.2, 0.25) is 17.7 Å². The van der Waals surface area contributed by atoms with Crippen molar-refractivity contribution in [2.24, 2.45) is 11.3 Å². The smallest absolute Gasteiger partial charge is 0.243 e. The van der Waals surface area contributed by atoms with E-state index in [0.717, 1.165) is 17.5 Å². The van der Waals surface area contributed by atoms with Gasteiger partial charge in [-0.15, -0.1) is 0 Å². The Morgan fingerprint density at radius 1 is 1.00 bits per heavy atom. The molecule has 1 N–H and O–H groups in total. The highest BCUT2D eigenvalue weighted by Crippen LogP contribution is 2.59. The van der Waals surface area contributed by atoms with Crippen LogP contribution in [0.1, 0.15) is 68.7 Å². The van der Waals surface area contributed by atoms with Crippen molar-refractivity contribution in [1.82, 2.24) is 15.1 Å². The van der Waals surface area contributed by atoms with Crippen LogP contribution in [0.2, 0.25) is 0 Å². The molecule has 2 aromatic rings. The molecule has 3 fully saturated rings. The Morgan fingerprint density at radius 3 is 2.27 bits per heavy atom. The molecule has 2 aromatic carbocycles. The number of carbonyl (C=O) groups is 3. The predicted molar refractivity (Wildman–Crippen MR) is 139 cm³/mol. The monoisotopic (exact) mass is 505 g/mol. The zero-order valence-electron chi connectivity index (χ0n) is 21.8. The average Bonchev–Trinajstić information content (AvgIpc) is 3.19. The largest absolute Gasteiger partial charge is 0.343 e. The van der Waals surface area contributed by atoms with E-state index < -0.39 is 18.3 Å². The Kier molecular flexibility index (Phi) is 6.82. The van der Waals surface area contributed by atoms with E-state index in [0.29, 0.717) is 25.4 Å². The fourth-order valence-electron chi connectivity index (χ4n) is 6.11. The predicted octanol–water partition coefficient (Wildman–Crippen LogP) is 4.21. The third-order valence-electron chi connectivity index (χ3n) is 8.51. The SMILES string of the molecule is CC(=O)N1CCC2(CC2C(=O)N2CC(F)CC2C(=O)NC(c2ccccc2)c2ccc(C(C)C)cc2)C1. The minimum absolute atomic E-state index is 0.00462. The standard InChI is InChI=1S/C30H36FN3O3/c1-19(2)21-9-11-23(12-10-21)27(22-7-5-4-6-8-22)32-28(36)26-15-24(31)17-34(26)29(37)25-16-30(25)13-14-33(18-30)20(3)35/h4-12,19,24-27H,13-18H2,1-3H3,(H,32,36). The number of halogens is 1. The summed E-state index contributed by atoms with van der Waals surface area (Å²) >= 11 is 0. The molecular formula is C30H36FN3O3. The highest BCUT2D eigenvalue weighted by atomic mass is 19.1. The molecule has 5 unspecified atom stereocenters. The first-order valence-corrected chi connectivity index (χ1v) is 13.3. The lowest BCUT2D eigenvalue weighted by molar-refractivity contribution is -0.140. The van der Waals surface area contributed by atoms with Gasteiger partial charge in [-0.05, 0) is 35.4 Å². The molecule has 3 amide bonds. The summed E-state index contributed by atoms with van der Waals surface area (Å²) in [4.78, 5) is 42.2. The molecule has 0 aromatic heterocycles. The van der Waals surface area contributed by atoms with Crippen LogP contribution in [0, 0.1) is 11.3 Å². The molecule has 7 heteroatoms. The molecule has 2 heterocycles. The lowest BCUT2D eigenvalue weighted by atomic mass is 9.95. The number of alkyl halides is 1. The van der Waals surface area contributed by atoms with Crippen molar-refractivity contribution in [3.05, 3.63) is 71.3 Å². The molecule has 196 valence electrons. The number of rotatable bonds is 6. The summed E-state index contributed by atoms with van der Waals surface area (Å²) in [5.74, 6) is -0.312. The molecule has 37 heavy (non-hydrogen) atoms. The molecule has 6 nitrogen and oxygen atoms in total. The number of nitrogens with zero attached hydrogens (tertiary/aromatic N) is 2.